The first-order valence-electron chi connectivity index (χ1n) is 4.84. The smallest absolute Gasteiger partial charge is 0.325 e. The van der Waals surface area contributed by atoms with E-state index in [0.717, 1.165) is 21.1 Å². The molecule has 0 aliphatic carbocycles. The number of aromatic amines is 1. The molecule has 2 rings (SSSR count). The van der Waals surface area contributed by atoms with Crippen molar-refractivity contribution in [3.05, 3.63) is 28.9 Å². The van der Waals surface area contributed by atoms with Crippen molar-refractivity contribution < 1.29 is 9.90 Å². The summed E-state index contributed by atoms with van der Waals surface area (Å²) in [6, 6.07) is 5.20. The predicted molar refractivity (Wildman–Crippen MR) is 66.7 cm³/mol. The number of benzene rings is 1. The third-order valence-electron chi connectivity index (χ3n) is 2.39. The van der Waals surface area contributed by atoms with Crippen molar-refractivity contribution in [2.24, 2.45) is 0 Å². The molecule has 0 unspecified atom stereocenters. The zero-order valence-corrected chi connectivity index (χ0v) is 10.2. The second-order valence-corrected chi connectivity index (χ2v) is 4.51. The molecule has 0 radical (unpaired) electrons. The van der Waals surface area contributed by atoms with E-state index in [1.54, 1.807) is 13.1 Å². The van der Waals surface area contributed by atoms with Crippen molar-refractivity contribution in [2.45, 2.75) is 13.0 Å². The molecule has 0 fully saturated rings. The van der Waals surface area contributed by atoms with E-state index in [1.165, 1.54) is 0 Å². The molecule has 2 aromatic rings. The molecule has 0 saturated carbocycles. The average Bonchev–Trinajstić information content (AvgIpc) is 2.60. The summed E-state index contributed by atoms with van der Waals surface area (Å²) in [7, 11) is 0. The molecule has 84 valence electrons. The molecule has 0 spiro atoms. The molecule has 4 nitrogen and oxygen atoms in total. The van der Waals surface area contributed by atoms with Gasteiger partial charge in [0, 0.05) is 21.6 Å². The van der Waals surface area contributed by atoms with E-state index in [1.807, 2.05) is 18.2 Å². The van der Waals surface area contributed by atoms with Crippen molar-refractivity contribution in [1.29, 1.82) is 0 Å². The standard InChI is InChI=1S/C11H11BrN2O2/c1-6(11(15)16)14-10-5-13-9-4-7(12)2-3-8(9)10/h2-6,13-14H,1H3,(H,15,16)/t6-/m0/s1. The van der Waals surface area contributed by atoms with Gasteiger partial charge in [0.15, 0.2) is 0 Å². The van der Waals surface area contributed by atoms with Crippen molar-refractivity contribution >= 4 is 38.5 Å². The maximum absolute atomic E-state index is 10.7. The molecule has 0 aliphatic rings. The van der Waals surface area contributed by atoms with Crippen LogP contribution >= 0.6 is 15.9 Å². The largest absolute Gasteiger partial charge is 0.480 e. The Labute approximate surface area is 101 Å². The number of rotatable bonds is 3. The molecule has 3 N–H and O–H groups in total. The summed E-state index contributed by atoms with van der Waals surface area (Å²) in [5.74, 6) is -0.869. The first-order valence-corrected chi connectivity index (χ1v) is 5.63. The Balaban J connectivity index is 2.35. The molecule has 16 heavy (non-hydrogen) atoms. The zero-order valence-electron chi connectivity index (χ0n) is 8.62. The normalized spacial score (nSPS) is 12.6. The molecule has 0 saturated heterocycles. The highest BCUT2D eigenvalue weighted by atomic mass is 79.9. The van der Waals surface area contributed by atoms with E-state index in [-0.39, 0.29) is 0 Å². The summed E-state index contributed by atoms with van der Waals surface area (Å²) >= 11 is 3.38. The van der Waals surface area contributed by atoms with Gasteiger partial charge >= 0.3 is 5.97 Å². The van der Waals surface area contributed by atoms with Gasteiger partial charge < -0.3 is 15.4 Å². The number of aliphatic carboxylic acids is 1. The van der Waals surface area contributed by atoms with Crippen LogP contribution in [0.2, 0.25) is 0 Å². The topological polar surface area (TPSA) is 65.1 Å². The van der Waals surface area contributed by atoms with Crippen LogP contribution in [0, 0.1) is 0 Å². The lowest BCUT2D eigenvalue weighted by atomic mass is 10.2. The van der Waals surface area contributed by atoms with E-state index in [2.05, 4.69) is 26.2 Å². The first-order chi connectivity index (χ1) is 7.58. The van der Waals surface area contributed by atoms with E-state index in [9.17, 15) is 4.79 Å². The number of hydrogen-bond donors (Lipinski definition) is 3. The minimum absolute atomic E-state index is 0.609. The Morgan fingerprint density at radius 3 is 3.00 bits per heavy atom. The third kappa shape index (κ3) is 2.04. The minimum Gasteiger partial charge on any atom is -0.480 e. The number of fused-ring (bicyclic) bond motifs is 1. The Bertz CT molecular complexity index is 536. The van der Waals surface area contributed by atoms with Gasteiger partial charge in [-0.3, -0.25) is 4.79 Å². The lowest BCUT2D eigenvalue weighted by Gasteiger charge is -2.09. The number of H-pyrrole nitrogens is 1. The van der Waals surface area contributed by atoms with E-state index in [0.29, 0.717) is 0 Å². The van der Waals surface area contributed by atoms with Crippen LogP contribution in [0.25, 0.3) is 10.9 Å². The van der Waals surface area contributed by atoms with Gasteiger partial charge in [0.1, 0.15) is 6.04 Å². The Hall–Kier alpha value is -1.49. The molecular weight excluding hydrogens is 272 g/mol. The highest BCUT2D eigenvalue weighted by Gasteiger charge is 2.12. The van der Waals surface area contributed by atoms with Crippen LogP contribution in [0.4, 0.5) is 5.69 Å². The van der Waals surface area contributed by atoms with E-state index >= 15 is 0 Å². The second kappa shape index (κ2) is 4.17. The molecular formula is C11H11BrN2O2. The van der Waals surface area contributed by atoms with Gasteiger partial charge in [0.2, 0.25) is 0 Å². The van der Waals surface area contributed by atoms with Crippen LogP contribution in [0.15, 0.2) is 28.9 Å². The van der Waals surface area contributed by atoms with E-state index < -0.39 is 12.0 Å². The summed E-state index contributed by atoms with van der Waals surface area (Å²) in [5.41, 5.74) is 1.77. The lowest BCUT2D eigenvalue weighted by molar-refractivity contribution is -0.137. The van der Waals surface area contributed by atoms with Crippen LogP contribution in [-0.2, 0) is 4.79 Å². The summed E-state index contributed by atoms with van der Waals surface area (Å²) in [6.07, 6.45) is 1.77. The predicted octanol–water partition coefficient (Wildman–Crippen LogP) is 2.82. The Kier molecular flexibility index (Phi) is 2.87. The molecule has 5 heteroatoms. The summed E-state index contributed by atoms with van der Waals surface area (Å²) < 4.78 is 0.986. The first kappa shape index (κ1) is 11.0. The quantitative estimate of drug-likeness (QED) is 0.811. The van der Waals surface area contributed by atoms with Crippen LogP contribution < -0.4 is 5.32 Å². The monoisotopic (exact) mass is 282 g/mol. The number of anilines is 1. The fraction of sp³-hybridized carbons (Fsp3) is 0.182. The van der Waals surface area contributed by atoms with Crippen molar-refractivity contribution in [3.8, 4) is 0 Å². The molecule has 1 atom stereocenters. The van der Waals surface area contributed by atoms with Gasteiger partial charge in [-0.2, -0.15) is 0 Å². The van der Waals surface area contributed by atoms with Gasteiger partial charge in [-0.25, -0.2) is 0 Å². The molecule has 1 aromatic carbocycles. The zero-order chi connectivity index (χ0) is 11.7. The van der Waals surface area contributed by atoms with Crippen molar-refractivity contribution in [3.63, 3.8) is 0 Å². The Morgan fingerprint density at radius 2 is 2.31 bits per heavy atom. The highest BCUT2D eigenvalue weighted by molar-refractivity contribution is 9.10. The van der Waals surface area contributed by atoms with Gasteiger partial charge in [-0.05, 0) is 25.1 Å². The van der Waals surface area contributed by atoms with Crippen molar-refractivity contribution in [1.82, 2.24) is 4.98 Å². The Morgan fingerprint density at radius 1 is 1.56 bits per heavy atom. The van der Waals surface area contributed by atoms with Crippen LogP contribution in [-0.4, -0.2) is 22.1 Å². The summed E-state index contributed by atoms with van der Waals surface area (Å²) in [4.78, 5) is 13.8. The number of carboxylic acids is 1. The summed E-state index contributed by atoms with van der Waals surface area (Å²) in [5, 5.41) is 12.7. The lowest BCUT2D eigenvalue weighted by Crippen LogP contribution is -2.25. The number of carboxylic acid groups (broad SMARTS) is 1. The molecule has 0 bridgehead atoms. The van der Waals surface area contributed by atoms with Gasteiger partial charge in [-0.1, -0.05) is 15.9 Å². The molecule has 0 aliphatic heterocycles. The molecule has 0 amide bonds. The maximum atomic E-state index is 10.7. The fourth-order valence-electron chi connectivity index (χ4n) is 1.51. The molecule has 1 heterocycles. The SMILES string of the molecule is C[C@H](Nc1c[nH]c2cc(Br)ccc12)C(=O)O. The second-order valence-electron chi connectivity index (χ2n) is 3.60. The van der Waals surface area contributed by atoms with Crippen molar-refractivity contribution in [2.75, 3.05) is 5.32 Å². The van der Waals surface area contributed by atoms with Gasteiger partial charge in [-0.15, -0.1) is 0 Å². The summed E-state index contributed by atoms with van der Waals surface area (Å²) in [6.45, 7) is 1.61. The number of nitrogens with one attached hydrogen (secondary N) is 2. The van der Waals surface area contributed by atoms with Gasteiger partial charge in [0.25, 0.3) is 0 Å². The molecule has 1 aromatic heterocycles. The number of hydrogen-bond acceptors (Lipinski definition) is 2. The van der Waals surface area contributed by atoms with Gasteiger partial charge in [0.05, 0.1) is 5.69 Å². The number of halogens is 1. The highest BCUT2D eigenvalue weighted by Crippen LogP contribution is 2.26. The third-order valence-corrected chi connectivity index (χ3v) is 2.88. The number of carbonyl (C=O) groups is 1. The number of aromatic nitrogens is 1. The van der Waals surface area contributed by atoms with Crippen LogP contribution in [0.3, 0.4) is 0 Å². The minimum atomic E-state index is -0.869. The fourth-order valence-corrected chi connectivity index (χ4v) is 1.87. The van der Waals surface area contributed by atoms with Crippen LogP contribution in [0.5, 0.6) is 0 Å². The van der Waals surface area contributed by atoms with Crippen LogP contribution in [0.1, 0.15) is 6.92 Å². The van der Waals surface area contributed by atoms with E-state index in [4.69, 9.17) is 5.11 Å². The average molecular weight is 283 g/mol. The maximum Gasteiger partial charge on any atom is 0.325 e.